The maximum Gasteiger partial charge on any atom is 0.230 e. The zero-order chi connectivity index (χ0) is 9.14. The molecule has 1 rings (SSSR count). The molecule has 0 aliphatic heterocycles. The first-order chi connectivity index (χ1) is 5.59. The minimum Gasteiger partial charge on any atom is -0.369 e. The first-order valence-electron chi connectivity index (χ1n) is 3.54. The zero-order valence-electron chi connectivity index (χ0n) is 7.02. The number of nitrogens with two attached hydrogens (primary N) is 1. The van der Waals surface area contributed by atoms with Crippen LogP contribution in [0.3, 0.4) is 0 Å². The second kappa shape index (κ2) is 3.62. The highest BCUT2D eigenvalue weighted by molar-refractivity contribution is 8.00. The smallest absolute Gasteiger partial charge is 0.230 e. The molecule has 1 aromatic heterocycles. The Bertz CT molecular complexity index is 284. The summed E-state index contributed by atoms with van der Waals surface area (Å²) in [5, 5.41) is 3.77. The predicted molar refractivity (Wildman–Crippen MR) is 47.7 cm³/mol. The molecular weight excluding hydrogens is 174 g/mol. The van der Waals surface area contributed by atoms with Crippen molar-refractivity contribution < 1.29 is 4.79 Å². The Kier molecular flexibility index (Phi) is 2.75. The van der Waals surface area contributed by atoms with Gasteiger partial charge in [0.1, 0.15) is 0 Å². The quantitative estimate of drug-likeness (QED) is 0.693. The zero-order valence-corrected chi connectivity index (χ0v) is 7.84. The van der Waals surface area contributed by atoms with Crippen LogP contribution >= 0.6 is 11.8 Å². The van der Waals surface area contributed by atoms with Crippen LogP contribution in [0.2, 0.25) is 0 Å². The highest BCUT2D eigenvalue weighted by Crippen LogP contribution is 2.21. The molecule has 5 heteroatoms. The summed E-state index contributed by atoms with van der Waals surface area (Å²) >= 11 is 1.41. The fourth-order valence-electron chi connectivity index (χ4n) is 0.722. The van der Waals surface area contributed by atoms with Crippen molar-refractivity contribution in [2.24, 2.45) is 12.8 Å². The monoisotopic (exact) mass is 185 g/mol. The van der Waals surface area contributed by atoms with Gasteiger partial charge in [-0.2, -0.15) is 5.10 Å². The first-order valence-corrected chi connectivity index (χ1v) is 4.42. The van der Waals surface area contributed by atoms with Gasteiger partial charge in [0, 0.05) is 18.1 Å². The summed E-state index contributed by atoms with van der Waals surface area (Å²) < 4.78 is 1.69. The molecule has 1 heterocycles. The fraction of sp³-hybridized carbons (Fsp3) is 0.429. The van der Waals surface area contributed by atoms with Gasteiger partial charge in [0.25, 0.3) is 0 Å². The average molecular weight is 185 g/mol. The molecule has 0 unspecified atom stereocenters. The lowest BCUT2D eigenvalue weighted by molar-refractivity contribution is -0.117. The Morgan fingerprint density at radius 1 is 1.83 bits per heavy atom. The molecule has 1 aromatic rings. The molecule has 1 amide bonds. The van der Waals surface area contributed by atoms with E-state index < -0.39 is 0 Å². The fourth-order valence-corrected chi connectivity index (χ4v) is 1.57. The number of hydrogen-bond donors (Lipinski definition) is 1. The van der Waals surface area contributed by atoms with Gasteiger partial charge in [-0.3, -0.25) is 9.48 Å². The third-order valence-electron chi connectivity index (χ3n) is 1.39. The Morgan fingerprint density at radius 2 is 2.50 bits per heavy atom. The largest absolute Gasteiger partial charge is 0.369 e. The Hall–Kier alpha value is -0.970. The lowest BCUT2D eigenvalue weighted by Crippen LogP contribution is -2.22. The van der Waals surface area contributed by atoms with Crippen molar-refractivity contribution in [3.8, 4) is 0 Å². The molecule has 0 aromatic carbocycles. The highest BCUT2D eigenvalue weighted by atomic mass is 32.2. The topological polar surface area (TPSA) is 60.9 Å². The molecule has 0 bridgehead atoms. The van der Waals surface area contributed by atoms with E-state index in [0.717, 1.165) is 4.90 Å². The molecular formula is C7H11N3OS. The van der Waals surface area contributed by atoms with Gasteiger partial charge in [0.15, 0.2) is 0 Å². The second-order valence-electron chi connectivity index (χ2n) is 2.51. The van der Waals surface area contributed by atoms with Crippen LogP contribution in [0.4, 0.5) is 0 Å². The Morgan fingerprint density at radius 3 is 2.92 bits per heavy atom. The van der Waals surface area contributed by atoms with E-state index in [0.29, 0.717) is 0 Å². The summed E-state index contributed by atoms with van der Waals surface area (Å²) in [4.78, 5) is 11.6. The average Bonchev–Trinajstić information content (AvgIpc) is 2.35. The molecule has 12 heavy (non-hydrogen) atoms. The van der Waals surface area contributed by atoms with Crippen LogP contribution in [0.25, 0.3) is 0 Å². The van der Waals surface area contributed by atoms with Crippen molar-refractivity contribution >= 4 is 17.7 Å². The van der Waals surface area contributed by atoms with Crippen molar-refractivity contribution in [3.63, 3.8) is 0 Å². The van der Waals surface area contributed by atoms with E-state index in [2.05, 4.69) is 5.10 Å². The standard InChI is InChI=1S/C7H11N3OS/c1-5(7(8)11)12-6-3-9-10(2)4-6/h3-5H,1-2H3,(H2,8,11)/t5-/m1/s1. The minimum absolute atomic E-state index is 0.200. The number of hydrogen-bond acceptors (Lipinski definition) is 3. The minimum atomic E-state index is -0.302. The molecule has 0 spiro atoms. The van der Waals surface area contributed by atoms with Gasteiger partial charge in [-0.1, -0.05) is 0 Å². The van der Waals surface area contributed by atoms with E-state index in [1.54, 1.807) is 17.8 Å². The molecule has 1 atom stereocenters. The first kappa shape index (κ1) is 9.12. The van der Waals surface area contributed by atoms with E-state index >= 15 is 0 Å². The van der Waals surface area contributed by atoms with Crippen molar-refractivity contribution in [1.82, 2.24) is 9.78 Å². The number of rotatable bonds is 3. The lowest BCUT2D eigenvalue weighted by atomic mass is 10.5. The van der Waals surface area contributed by atoms with E-state index in [1.165, 1.54) is 11.8 Å². The molecule has 66 valence electrons. The molecule has 4 nitrogen and oxygen atoms in total. The number of primary amides is 1. The van der Waals surface area contributed by atoms with Crippen LogP contribution in [-0.4, -0.2) is 20.9 Å². The molecule has 0 radical (unpaired) electrons. The van der Waals surface area contributed by atoms with Gasteiger partial charge in [-0.05, 0) is 6.92 Å². The van der Waals surface area contributed by atoms with E-state index in [4.69, 9.17) is 5.73 Å². The van der Waals surface area contributed by atoms with Gasteiger partial charge in [-0.25, -0.2) is 0 Å². The van der Waals surface area contributed by atoms with Crippen molar-refractivity contribution in [2.45, 2.75) is 17.1 Å². The van der Waals surface area contributed by atoms with Gasteiger partial charge in [0.2, 0.25) is 5.91 Å². The molecule has 0 aliphatic rings. The molecule has 0 fully saturated rings. The van der Waals surface area contributed by atoms with Gasteiger partial charge < -0.3 is 5.73 Å². The Labute approximate surface area is 75.1 Å². The number of aromatic nitrogens is 2. The van der Waals surface area contributed by atoms with Gasteiger partial charge in [0.05, 0.1) is 11.4 Å². The number of thioether (sulfide) groups is 1. The predicted octanol–water partition coefficient (Wildman–Crippen LogP) is 0.386. The third kappa shape index (κ3) is 2.27. The van der Waals surface area contributed by atoms with E-state index in [-0.39, 0.29) is 11.2 Å². The molecule has 2 N–H and O–H groups in total. The van der Waals surface area contributed by atoms with Crippen LogP contribution < -0.4 is 5.73 Å². The van der Waals surface area contributed by atoms with Crippen LogP contribution in [0.15, 0.2) is 17.3 Å². The van der Waals surface area contributed by atoms with E-state index in [9.17, 15) is 4.79 Å². The molecule has 0 saturated carbocycles. The summed E-state index contributed by atoms with van der Waals surface area (Å²) in [6.45, 7) is 1.78. The maximum atomic E-state index is 10.7. The lowest BCUT2D eigenvalue weighted by Gasteiger charge is -2.02. The summed E-state index contributed by atoms with van der Waals surface area (Å²) in [7, 11) is 1.83. The van der Waals surface area contributed by atoms with Crippen LogP contribution in [-0.2, 0) is 11.8 Å². The highest BCUT2D eigenvalue weighted by Gasteiger charge is 2.10. The van der Waals surface area contributed by atoms with Gasteiger partial charge in [-0.15, -0.1) is 11.8 Å². The van der Waals surface area contributed by atoms with Crippen molar-refractivity contribution in [1.29, 1.82) is 0 Å². The SMILES string of the molecule is C[C@@H](Sc1cnn(C)c1)C(N)=O. The summed E-state index contributed by atoms with van der Waals surface area (Å²) in [5.74, 6) is -0.302. The number of carbonyl (C=O) groups excluding carboxylic acids is 1. The number of amides is 1. The maximum absolute atomic E-state index is 10.7. The van der Waals surface area contributed by atoms with E-state index in [1.807, 2.05) is 13.2 Å². The van der Waals surface area contributed by atoms with Crippen molar-refractivity contribution in [2.75, 3.05) is 0 Å². The second-order valence-corrected chi connectivity index (χ2v) is 3.93. The summed E-state index contributed by atoms with van der Waals surface area (Å²) in [6, 6.07) is 0. The van der Waals surface area contributed by atoms with Crippen LogP contribution in [0.1, 0.15) is 6.92 Å². The number of aryl methyl sites for hydroxylation is 1. The third-order valence-corrected chi connectivity index (χ3v) is 2.46. The van der Waals surface area contributed by atoms with Crippen LogP contribution in [0, 0.1) is 0 Å². The number of carbonyl (C=O) groups is 1. The Balaban J connectivity index is 2.58. The van der Waals surface area contributed by atoms with Crippen LogP contribution in [0.5, 0.6) is 0 Å². The number of nitrogens with zero attached hydrogens (tertiary/aromatic N) is 2. The van der Waals surface area contributed by atoms with Gasteiger partial charge >= 0.3 is 0 Å². The normalized spacial score (nSPS) is 12.8. The summed E-state index contributed by atoms with van der Waals surface area (Å²) in [5.41, 5.74) is 5.10. The van der Waals surface area contributed by atoms with Crippen molar-refractivity contribution in [3.05, 3.63) is 12.4 Å². The summed E-state index contributed by atoms with van der Waals surface area (Å²) in [6.07, 6.45) is 3.56. The molecule has 0 saturated heterocycles. The molecule has 0 aliphatic carbocycles.